The van der Waals surface area contributed by atoms with Gasteiger partial charge in [-0.25, -0.2) is 0 Å². The standard InChI is InChI=1S/C20H20N2O4/c23-19(21-16-7-8-17-18(12-16)26-13-25-17)14-5-4-6-15(11-14)20(24)22-9-2-1-3-10-22/h4-8,11-12H,1-3,9-10,13H2,(H,21,23). The van der Waals surface area contributed by atoms with Crippen LogP contribution in [0.25, 0.3) is 0 Å². The van der Waals surface area contributed by atoms with Gasteiger partial charge in [-0.05, 0) is 49.6 Å². The molecule has 6 heteroatoms. The molecule has 1 N–H and O–H groups in total. The molecule has 0 unspecified atom stereocenters. The molecule has 4 rings (SSSR count). The average molecular weight is 352 g/mol. The van der Waals surface area contributed by atoms with Crippen LogP contribution in [-0.4, -0.2) is 36.6 Å². The third-order valence-electron chi connectivity index (χ3n) is 4.65. The molecule has 2 aliphatic heterocycles. The number of amides is 2. The van der Waals surface area contributed by atoms with E-state index in [1.54, 1.807) is 42.5 Å². The van der Waals surface area contributed by atoms with Crippen LogP contribution in [0.1, 0.15) is 40.0 Å². The van der Waals surface area contributed by atoms with Crippen molar-refractivity contribution in [3.63, 3.8) is 0 Å². The van der Waals surface area contributed by atoms with Crippen molar-refractivity contribution in [3.05, 3.63) is 53.6 Å². The van der Waals surface area contributed by atoms with E-state index in [9.17, 15) is 9.59 Å². The van der Waals surface area contributed by atoms with Crippen LogP contribution in [0.4, 0.5) is 5.69 Å². The summed E-state index contributed by atoms with van der Waals surface area (Å²) in [5, 5.41) is 2.83. The van der Waals surface area contributed by atoms with Gasteiger partial charge in [0.15, 0.2) is 11.5 Å². The predicted molar refractivity (Wildman–Crippen MR) is 96.7 cm³/mol. The first kappa shape index (κ1) is 16.4. The summed E-state index contributed by atoms with van der Waals surface area (Å²) in [7, 11) is 0. The molecule has 0 bridgehead atoms. The summed E-state index contributed by atoms with van der Waals surface area (Å²) >= 11 is 0. The van der Waals surface area contributed by atoms with Gasteiger partial charge in [0.05, 0.1) is 0 Å². The fraction of sp³-hybridized carbons (Fsp3) is 0.300. The highest BCUT2D eigenvalue weighted by atomic mass is 16.7. The molecule has 2 heterocycles. The molecule has 0 aromatic heterocycles. The monoisotopic (exact) mass is 352 g/mol. The molecule has 2 aromatic rings. The van der Waals surface area contributed by atoms with Gasteiger partial charge >= 0.3 is 0 Å². The van der Waals surface area contributed by atoms with Gasteiger partial charge in [-0.2, -0.15) is 0 Å². The predicted octanol–water partition coefficient (Wildman–Crippen LogP) is 3.29. The number of rotatable bonds is 3. The second-order valence-corrected chi connectivity index (χ2v) is 6.46. The Labute approximate surface area is 151 Å². The molecule has 0 saturated carbocycles. The van der Waals surface area contributed by atoms with E-state index in [0.717, 1.165) is 25.9 Å². The molecule has 1 fully saturated rings. The lowest BCUT2D eigenvalue weighted by molar-refractivity contribution is 0.0724. The molecule has 6 nitrogen and oxygen atoms in total. The number of nitrogens with zero attached hydrogens (tertiary/aromatic N) is 1. The van der Waals surface area contributed by atoms with E-state index in [2.05, 4.69) is 5.32 Å². The SMILES string of the molecule is O=C(Nc1ccc2c(c1)OCO2)c1cccc(C(=O)N2CCCCC2)c1. The van der Waals surface area contributed by atoms with Crippen LogP contribution in [0, 0.1) is 0 Å². The van der Waals surface area contributed by atoms with Crippen molar-refractivity contribution >= 4 is 17.5 Å². The van der Waals surface area contributed by atoms with Crippen LogP contribution in [0.2, 0.25) is 0 Å². The molecule has 0 atom stereocenters. The van der Waals surface area contributed by atoms with Crippen LogP contribution in [0.15, 0.2) is 42.5 Å². The number of piperidine rings is 1. The minimum absolute atomic E-state index is 0.0116. The molecule has 0 radical (unpaired) electrons. The van der Waals surface area contributed by atoms with Gasteiger partial charge in [0.2, 0.25) is 6.79 Å². The number of anilines is 1. The highest BCUT2D eigenvalue weighted by Gasteiger charge is 2.19. The Hall–Kier alpha value is -3.02. The number of carbonyl (C=O) groups is 2. The van der Waals surface area contributed by atoms with Crippen molar-refractivity contribution in [2.45, 2.75) is 19.3 Å². The third kappa shape index (κ3) is 3.35. The van der Waals surface area contributed by atoms with Crippen LogP contribution >= 0.6 is 0 Å². The normalized spacial score (nSPS) is 15.6. The lowest BCUT2D eigenvalue weighted by Gasteiger charge is -2.26. The number of nitrogens with one attached hydrogen (secondary N) is 1. The van der Waals surface area contributed by atoms with Crippen LogP contribution < -0.4 is 14.8 Å². The first-order chi connectivity index (χ1) is 12.7. The quantitative estimate of drug-likeness (QED) is 0.920. The lowest BCUT2D eigenvalue weighted by Crippen LogP contribution is -2.35. The number of likely N-dealkylation sites (tertiary alicyclic amines) is 1. The van der Waals surface area contributed by atoms with E-state index < -0.39 is 0 Å². The fourth-order valence-electron chi connectivity index (χ4n) is 3.25. The first-order valence-electron chi connectivity index (χ1n) is 8.81. The molecule has 0 spiro atoms. The molecule has 2 amide bonds. The number of benzene rings is 2. The molecule has 0 aliphatic carbocycles. The van der Waals surface area contributed by atoms with Gasteiger partial charge in [-0.1, -0.05) is 6.07 Å². The lowest BCUT2D eigenvalue weighted by atomic mass is 10.1. The highest BCUT2D eigenvalue weighted by molar-refractivity contribution is 6.06. The zero-order chi connectivity index (χ0) is 17.9. The first-order valence-corrected chi connectivity index (χ1v) is 8.81. The highest BCUT2D eigenvalue weighted by Crippen LogP contribution is 2.34. The van der Waals surface area contributed by atoms with Gasteiger partial charge in [0.25, 0.3) is 11.8 Å². The molecule has 2 aliphatic rings. The number of hydrogen-bond acceptors (Lipinski definition) is 4. The van der Waals surface area contributed by atoms with E-state index in [1.807, 2.05) is 4.90 Å². The van der Waals surface area contributed by atoms with Gasteiger partial charge in [0, 0.05) is 36.0 Å². The zero-order valence-electron chi connectivity index (χ0n) is 14.4. The minimum Gasteiger partial charge on any atom is -0.454 e. The number of fused-ring (bicyclic) bond motifs is 1. The Balaban J connectivity index is 1.48. The van der Waals surface area contributed by atoms with Gasteiger partial charge in [-0.3, -0.25) is 9.59 Å². The van der Waals surface area contributed by atoms with E-state index in [-0.39, 0.29) is 18.6 Å². The Morgan fingerprint density at radius 1 is 0.885 bits per heavy atom. The fourth-order valence-corrected chi connectivity index (χ4v) is 3.25. The second kappa shape index (κ2) is 7.07. The summed E-state index contributed by atoms with van der Waals surface area (Å²) in [6, 6.07) is 12.1. The topological polar surface area (TPSA) is 67.9 Å². The van der Waals surface area contributed by atoms with Crippen molar-refractivity contribution in [3.8, 4) is 11.5 Å². The summed E-state index contributed by atoms with van der Waals surface area (Å²) < 4.78 is 10.6. The summed E-state index contributed by atoms with van der Waals surface area (Å²) in [6.07, 6.45) is 3.24. The Morgan fingerprint density at radius 2 is 1.65 bits per heavy atom. The van der Waals surface area contributed by atoms with E-state index in [4.69, 9.17) is 9.47 Å². The van der Waals surface area contributed by atoms with Crippen LogP contribution in [-0.2, 0) is 0 Å². The van der Waals surface area contributed by atoms with E-state index >= 15 is 0 Å². The van der Waals surface area contributed by atoms with Crippen LogP contribution in [0.3, 0.4) is 0 Å². The molecule has 2 aromatic carbocycles. The van der Waals surface area contributed by atoms with Crippen molar-refractivity contribution in [2.24, 2.45) is 0 Å². The Kier molecular flexibility index (Phi) is 4.48. The summed E-state index contributed by atoms with van der Waals surface area (Å²) in [5.74, 6) is 0.994. The molecular weight excluding hydrogens is 332 g/mol. The second-order valence-electron chi connectivity index (χ2n) is 6.46. The smallest absolute Gasteiger partial charge is 0.255 e. The Morgan fingerprint density at radius 3 is 2.50 bits per heavy atom. The van der Waals surface area contributed by atoms with Gasteiger partial charge in [-0.15, -0.1) is 0 Å². The maximum atomic E-state index is 12.6. The maximum Gasteiger partial charge on any atom is 0.255 e. The summed E-state index contributed by atoms with van der Waals surface area (Å²) in [5.41, 5.74) is 1.61. The van der Waals surface area contributed by atoms with Crippen molar-refractivity contribution in [1.82, 2.24) is 4.90 Å². The Bertz CT molecular complexity index is 843. The number of ether oxygens (including phenoxy) is 2. The van der Waals surface area contributed by atoms with Crippen molar-refractivity contribution in [1.29, 1.82) is 0 Å². The molecule has 26 heavy (non-hydrogen) atoms. The van der Waals surface area contributed by atoms with Crippen LogP contribution in [0.5, 0.6) is 11.5 Å². The molecule has 134 valence electrons. The largest absolute Gasteiger partial charge is 0.454 e. The van der Waals surface area contributed by atoms with E-state index in [1.165, 1.54) is 6.42 Å². The van der Waals surface area contributed by atoms with E-state index in [0.29, 0.717) is 28.3 Å². The summed E-state index contributed by atoms with van der Waals surface area (Å²) in [4.78, 5) is 27.0. The van der Waals surface area contributed by atoms with Crippen molar-refractivity contribution < 1.29 is 19.1 Å². The van der Waals surface area contributed by atoms with Gasteiger partial charge < -0.3 is 19.7 Å². The number of carbonyl (C=O) groups excluding carboxylic acids is 2. The molecule has 1 saturated heterocycles. The maximum absolute atomic E-state index is 12.6. The zero-order valence-corrected chi connectivity index (χ0v) is 14.4. The minimum atomic E-state index is -0.267. The molecular formula is C20H20N2O4. The third-order valence-corrected chi connectivity index (χ3v) is 4.65. The van der Waals surface area contributed by atoms with Gasteiger partial charge in [0.1, 0.15) is 0 Å². The number of hydrogen-bond donors (Lipinski definition) is 1. The van der Waals surface area contributed by atoms with Crippen molar-refractivity contribution in [2.75, 3.05) is 25.2 Å². The average Bonchev–Trinajstić information content (AvgIpc) is 3.16. The summed E-state index contributed by atoms with van der Waals surface area (Å²) in [6.45, 7) is 1.76.